The van der Waals surface area contributed by atoms with E-state index in [9.17, 15) is 0 Å². The fourth-order valence-electron chi connectivity index (χ4n) is 1.30. The molecule has 0 heterocycles. The van der Waals surface area contributed by atoms with Gasteiger partial charge in [-0.3, -0.25) is 0 Å². The quantitative estimate of drug-likeness (QED) is 0.687. The van der Waals surface area contributed by atoms with Crippen molar-refractivity contribution in [2.24, 2.45) is 17.6 Å². The van der Waals surface area contributed by atoms with Crippen LogP contribution in [0.15, 0.2) is 0 Å². The van der Waals surface area contributed by atoms with E-state index in [0.29, 0.717) is 12.0 Å². The number of hydrogen-bond donors (Lipinski definition) is 1. The molecule has 2 heteroatoms. The third-order valence-electron chi connectivity index (χ3n) is 2.95. The predicted octanol–water partition coefficient (Wildman–Crippen LogP) is 1.95. The van der Waals surface area contributed by atoms with E-state index in [1.165, 1.54) is 13.0 Å². The summed E-state index contributed by atoms with van der Waals surface area (Å²) in [4.78, 5) is 2.41. The molecule has 0 aliphatic heterocycles. The monoisotopic (exact) mass is 186 g/mol. The molecule has 2 nitrogen and oxygen atoms in total. The molecule has 80 valence electrons. The molecular weight excluding hydrogens is 160 g/mol. The van der Waals surface area contributed by atoms with Crippen LogP contribution in [0.1, 0.15) is 34.1 Å². The second-order valence-corrected chi connectivity index (χ2v) is 4.62. The fraction of sp³-hybridized carbons (Fsp3) is 1.00. The van der Waals surface area contributed by atoms with Gasteiger partial charge in [0.2, 0.25) is 0 Å². The predicted molar refractivity (Wildman–Crippen MR) is 59.8 cm³/mol. The van der Waals surface area contributed by atoms with Crippen molar-refractivity contribution in [3.8, 4) is 0 Å². The lowest BCUT2D eigenvalue weighted by molar-refractivity contribution is 0.193. The van der Waals surface area contributed by atoms with Crippen LogP contribution >= 0.6 is 0 Å². The molecule has 0 saturated heterocycles. The third-order valence-corrected chi connectivity index (χ3v) is 2.95. The number of nitrogens with two attached hydrogens (primary N) is 1. The largest absolute Gasteiger partial charge is 0.330 e. The topological polar surface area (TPSA) is 29.3 Å². The van der Waals surface area contributed by atoms with E-state index in [2.05, 4.69) is 39.6 Å². The smallest absolute Gasteiger partial charge is 0.0101 e. The summed E-state index contributed by atoms with van der Waals surface area (Å²) < 4.78 is 0. The van der Waals surface area contributed by atoms with Gasteiger partial charge in [0.25, 0.3) is 0 Å². The van der Waals surface area contributed by atoms with Gasteiger partial charge in [-0.2, -0.15) is 0 Å². The maximum atomic E-state index is 5.64. The first-order valence-electron chi connectivity index (χ1n) is 5.39. The van der Waals surface area contributed by atoms with Crippen molar-refractivity contribution < 1.29 is 0 Å². The average Bonchev–Trinajstić information content (AvgIpc) is 2.11. The van der Waals surface area contributed by atoms with Gasteiger partial charge in [-0.1, -0.05) is 20.8 Å². The maximum Gasteiger partial charge on any atom is 0.0101 e. The molecule has 0 rings (SSSR count). The maximum absolute atomic E-state index is 5.64. The first kappa shape index (κ1) is 12.9. The van der Waals surface area contributed by atoms with Crippen LogP contribution < -0.4 is 5.73 Å². The van der Waals surface area contributed by atoms with E-state index in [-0.39, 0.29) is 0 Å². The van der Waals surface area contributed by atoms with E-state index in [4.69, 9.17) is 5.73 Å². The van der Waals surface area contributed by atoms with Crippen molar-refractivity contribution in [2.75, 3.05) is 20.1 Å². The van der Waals surface area contributed by atoms with Crippen LogP contribution in [-0.2, 0) is 0 Å². The average molecular weight is 186 g/mol. The molecule has 0 fully saturated rings. The molecule has 0 aliphatic rings. The molecule has 2 atom stereocenters. The first-order valence-corrected chi connectivity index (χ1v) is 5.39. The van der Waals surface area contributed by atoms with E-state index >= 15 is 0 Å². The molecule has 0 aromatic carbocycles. The minimum atomic E-state index is 0.595. The molecule has 0 bridgehead atoms. The standard InChI is InChI=1S/C11H26N2/c1-9(2)6-7-13(5)11(4)10(3)8-12/h9-11H,6-8,12H2,1-5H3. The van der Waals surface area contributed by atoms with E-state index in [1.807, 2.05) is 0 Å². The normalized spacial score (nSPS) is 16.6. The van der Waals surface area contributed by atoms with Gasteiger partial charge in [-0.15, -0.1) is 0 Å². The summed E-state index contributed by atoms with van der Waals surface area (Å²) in [6.45, 7) is 11.0. The molecule has 0 aliphatic carbocycles. The SMILES string of the molecule is CC(C)CCN(C)C(C)C(C)CN. The number of nitrogens with zero attached hydrogens (tertiary/aromatic N) is 1. The number of hydrogen-bond acceptors (Lipinski definition) is 2. The molecule has 0 aromatic heterocycles. The zero-order chi connectivity index (χ0) is 10.4. The van der Waals surface area contributed by atoms with Crippen LogP contribution in [0.3, 0.4) is 0 Å². The van der Waals surface area contributed by atoms with Gasteiger partial charge in [0.15, 0.2) is 0 Å². The Kier molecular flexibility index (Phi) is 6.35. The van der Waals surface area contributed by atoms with Crippen LogP contribution in [0, 0.1) is 11.8 Å². The second kappa shape index (κ2) is 6.39. The highest BCUT2D eigenvalue weighted by atomic mass is 15.1. The summed E-state index contributed by atoms with van der Waals surface area (Å²) in [5.74, 6) is 1.39. The van der Waals surface area contributed by atoms with E-state index in [1.54, 1.807) is 0 Å². The highest BCUT2D eigenvalue weighted by molar-refractivity contribution is 4.70. The Morgan fingerprint density at radius 3 is 2.08 bits per heavy atom. The van der Waals surface area contributed by atoms with Gasteiger partial charge in [0.05, 0.1) is 0 Å². The second-order valence-electron chi connectivity index (χ2n) is 4.62. The lowest BCUT2D eigenvalue weighted by Gasteiger charge is -2.29. The molecule has 2 N–H and O–H groups in total. The molecule has 2 unspecified atom stereocenters. The van der Waals surface area contributed by atoms with Crippen LogP contribution in [-0.4, -0.2) is 31.1 Å². The van der Waals surface area contributed by atoms with Crippen LogP contribution in [0.2, 0.25) is 0 Å². The van der Waals surface area contributed by atoms with Crippen molar-refractivity contribution in [1.82, 2.24) is 4.90 Å². The summed E-state index contributed by atoms with van der Waals surface area (Å²) in [7, 11) is 2.19. The van der Waals surface area contributed by atoms with E-state index < -0.39 is 0 Å². The van der Waals surface area contributed by atoms with Gasteiger partial charge in [0.1, 0.15) is 0 Å². The van der Waals surface area contributed by atoms with Crippen LogP contribution in [0.25, 0.3) is 0 Å². The lowest BCUT2D eigenvalue weighted by Crippen LogP contribution is -2.38. The molecule has 0 spiro atoms. The van der Waals surface area contributed by atoms with Crippen molar-refractivity contribution in [1.29, 1.82) is 0 Å². The number of rotatable bonds is 6. The Morgan fingerprint density at radius 2 is 1.69 bits per heavy atom. The Hall–Kier alpha value is -0.0800. The van der Waals surface area contributed by atoms with Crippen molar-refractivity contribution in [3.63, 3.8) is 0 Å². The van der Waals surface area contributed by atoms with Gasteiger partial charge in [-0.25, -0.2) is 0 Å². The van der Waals surface area contributed by atoms with Gasteiger partial charge in [0, 0.05) is 6.04 Å². The summed E-state index contributed by atoms with van der Waals surface area (Å²) >= 11 is 0. The van der Waals surface area contributed by atoms with E-state index in [0.717, 1.165) is 12.5 Å². The molecule has 0 radical (unpaired) electrons. The minimum Gasteiger partial charge on any atom is -0.330 e. The lowest BCUT2D eigenvalue weighted by atomic mass is 10.0. The first-order chi connectivity index (χ1) is 5.99. The highest BCUT2D eigenvalue weighted by Gasteiger charge is 2.15. The minimum absolute atomic E-state index is 0.595. The zero-order valence-electron chi connectivity index (χ0n) is 9.88. The molecule has 13 heavy (non-hydrogen) atoms. The van der Waals surface area contributed by atoms with Gasteiger partial charge >= 0.3 is 0 Å². The van der Waals surface area contributed by atoms with Crippen molar-refractivity contribution in [3.05, 3.63) is 0 Å². The molecule has 0 aromatic rings. The molecular formula is C11H26N2. The van der Waals surface area contributed by atoms with Crippen molar-refractivity contribution in [2.45, 2.75) is 40.2 Å². The Bertz CT molecular complexity index is 123. The fourth-order valence-corrected chi connectivity index (χ4v) is 1.30. The summed E-state index contributed by atoms with van der Waals surface area (Å²) in [6.07, 6.45) is 1.28. The van der Waals surface area contributed by atoms with Crippen molar-refractivity contribution >= 4 is 0 Å². The summed E-state index contributed by atoms with van der Waals surface area (Å²) in [5.41, 5.74) is 5.64. The summed E-state index contributed by atoms with van der Waals surface area (Å²) in [5, 5.41) is 0. The summed E-state index contributed by atoms with van der Waals surface area (Å²) in [6, 6.07) is 0.601. The third kappa shape index (κ3) is 5.27. The Morgan fingerprint density at radius 1 is 1.15 bits per heavy atom. The molecule has 0 amide bonds. The van der Waals surface area contributed by atoms with Gasteiger partial charge in [-0.05, 0) is 45.3 Å². The zero-order valence-corrected chi connectivity index (χ0v) is 9.88. The Labute approximate surface area is 83.5 Å². The van der Waals surface area contributed by atoms with Crippen LogP contribution in [0.4, 0.5) is 0 Å². The highest BCUT2D eigenvalue weighted by Crippen LogP contribution is 2.09. The van der Waals surface area contributed by atoms with Gasteiger partial charge < -0.3 is 10.6 Å². The Balaban J connectivity index is 3.74. The van der Waals surface area contributed by atoms with Crippen LogP contribution in [0.5, 0.6) is 0 Å². The molecule has 0 saturated carbocycles.